The summed E-state index contributed by atoms with van der Waals surface area (Å²) in [5.74, 6) is 0. The monoisotopic (exact) mass is 276 g/mol. The van der Waals surface area contributed by atoms with Gasteiger partial charge in [0.25, 0.3) is 10.0 Å². The summed E-state index contributed by atoms with van der Waals surface area (Å²) in [6, 6.07) is 0. The minimum Gasteiger partial charge on any atom is -0.365 e. The van der Waals surface area contributed by atoms with E-state index >= 15 is 0 Å². The first kappa shape index (κ1) is 12.7. The summed E-state index contributed by atoms with van der Waals surface area (Å²) < 4.78 is 26.4. The molecule has 1 aliphatic rings. The molecule has 1 saturated heterocycles. The predicted molar refractivity (Wildman–Crippen MR) is 67.9 cm³/mol. The van der Waals surface area contributed by atoms with Crippen molar-refractivity contribution in [3.05, 3.63) is 6.20 Å². The molecule has 2 rings (SSSR count). The third kappa shape index (κ3) is 2.59. The summed E-state index contributed by atoms with van der Waals surface area (Å²) in [5, 5.41) is 3.47. The van der Waals surface area contributed by atoms with Gasteiger partial charge in [0, 0.05) is 33.2 Å². The Hall–Kier alpha value is -0.700. The van der Waals surface area contributed by atoms with Gasteiger partial charge in [-0.05, 0) is 7.05 Å². The molecule has 0 aliphatic carbocycles. The van der Waals surface area contributed by atoms with Crippen molar-refractivity contribution in [2.75, 3.05) is 45.6 Å². The highest BCUT2D eigenvalue weighted by atomic mass is 32.2. The van der Waals surface area contributed by atoms with Crippen LogP contribution in [0, 0.1) is 0 Å². The number of thiazole rings is 1. The van der Waals surface area contributed by atoms with Crippen LogP contribution in [0.3, 0.4) is 0 Å². The van der Waals surface area contributed by atoms with Gasteiger partial charge in [0.2, 0.25) is 0 Å². The van der Waals surface area contributed by atoms with Crippen molar-refractivity contribution in [3.63, 3.8) is 0 Å². The van der Waals surface area contributed by atoms with Crippen molar-refractivity contribution in [1.29, 1.82) is 0 Å². The van der Waals surface area contributed by atoms with Gasteiger partial charge in [0.05, 0.1) is 6.20 Å². The molecule has 0 radical (unpaired) electrons. The zero-order valence-electron chi connectivity index (χ0n) is 9.88. The topological polar surface area (TPSA) is 65.5 Å². The Labute approximate surface area is 105 Å². The highest BCUT2D eigenvalue weighted by molar-refractivity contribution is 7.91. The van der Waals surface area contributed by atoms with E-state index in [9.17, 15) is 8.42 Å². The van der Waals surface area contributed by atoms with Crippen molar-refractivity contribution >= 4 is 26.5 Å². The van der Waals surface area contributed by atoms with Crippen LogP contribution in [0.5, 0.6) is 0 Å². The van der Waals surface area contributed by atoms with E-state index in [1.54, 1.807) is 7.05 Å². The molecular weight excluding hydrogens is 260 g/mol. The highest BCUT2D eigenvalue weighted by Gasteiger charge is 2.29. The van der Waals surface area contributed by atoms with E-state index in [2.05, 4.69) is 15.2 Å². The summed E-state index contributed by atoms with van der Waals surface area (Å²) in [5.41, 5.74) is 0. The SMILES string of the molecule is CNc1ncc(S(=O)(=O)N2CCN(C)CC2)s1. The molecule has 17 heavy (non-hydrogen) atoms. The smallest absolute Gasteiger partial charge is 0.254 e. The van der Waals surface area contributed by atoms with Gasteiger partial charge in [-0.2, -0.15) is 4.31 Å². The molecule has 0 unspecified atom stereocenters. The van der Waals surface area contributed by atoms with Gasteiger partial charge >= 0.3 is 0 Å². The van der Waals surface area contributed by atoms with Gasteiger partial charge in [0.15, 0.2) is 9.34 Å². The number of likely N-dealkylation sites (N-methyl/N-ethyl adjacent to an activating group) is 1. The molecule has 96 valence electrons. The van der Waals surface area contributed by atoms with Crippen LogP contribution in [0.4, 0.5) is 5.13 Å². The Morgan fingerprint density at radius 3 is 2.53 bits per heavy atom. The maximum Gasteiger partial charge on any atom is 0.254 e. The number of nitrogens with zero attached hydrogens (tertiary/aromatic N) is 3. The number of nitrogens with one attached hydrogen (secondary N) is 1. The van der Waals surface area contributed by atoms with Gasteiger partial charge in [-0.3, -0.25) is 0 Å². The molecule has 1 fully saturated rings. The summed E-state index contributed by atoms with van der Waals surface area (Å²) in [7, 11) is 0.371. The van der Waals surface area contributed by atoms with Crippen LogP contribution >= 0.6 is 11.3 Å². The maximum atomic E-state index is 12.3. The molecule has 0 spiro atoms. The van der Waals surface area contributed by atoms with Crippen molar-refractivity contribution < 1.29 is 8.42 Å². The Morgan fingerprint density at radius 1 is 1.35 bits per heavy atom. The summed E-state index contributed by atoms with van der Waals surface area (Å²) in [6.07, 6.45) is 1.42. The number of rotatable bonds is 3. The molecule has 0 aromatic carbocycles. The van der Waals surface area contributed by atoms with Crippen molar-refractivity contribution in [2.24, 2.45) is 0 Å². The third-order valence-electron chi connectivity index (χ3n) is 2.75. The molecule has 1 aromatic heterocycles. The molecular formula is C9H16N4O2S2. The lowest BCUT2D eigenvalue weighted by Gasteiger charge is -2.30. The molecule has 0 amide bonds. The first-order valence-corrected chi connectivity index (χ1v) is 7.62. The van der Waals surface area contributed by atoms with Crippen LogP contribution in [0.15, 0.2) is 10.4 Å². The minimum absolute atomic E-state index is 0.311. The van der Waals surface area contributed by atoms with Crippen LogP contribution in [0.25, 0.3) is 0 Å². The predicted octanol–water partition coefficient (Wildman–Crippen LogP) is 0.121. The Bertz CT molecular complexity index is 477. The molecule has 1 aromatic rings. The second kappa shape index (κ2) is 4.89. The lowest BCUT2D eigenvalue weighted by Crippen LogP contribution is -2.46. The number of sulfonamides is 1. The van der Waals surface area contributed by atoms with E-state index in [1.807, 2.05) is 7.05 Å². The quantitative estimate of drug-likeness (QED) is 0.849. The molecule has 2 heterocycles. The largest absolute Gasteiger partial charge is 0.365 e. The number of anilines is 1. The fraction of sp³-hybridized carbons (Fsp3) is 0.667. The zero-order chi connectivity index (χ0) is 12.5. The lowest BCUT2D eigenvalue weighted by molar-refractivity contribution is 0.222. The first-order chi connectivity index (χ1) is 8.04. The molecule has 1 N–H and O–H groups in total. The van der Waals surface area contributed by atoms with Crippen LogP contribution in [0.2, 0.25) is 0 Å². The van der Waals surface area contributed by atoms with E-state index in [4.69, 9.17) is 0 Å². The second-order valence-electron chi connectivity index (χ2n) is 3.94. The van der Waals surface area contributed by atoms with Crippen LogP contribution in [-0.4, -0.2) is 62.9 Å². The van der Waals surface area contributed by atoms with E-state index in [0.29, 0.717) is 22.4 Å². The Kier molecular flexibility index (Phi) is 3.67. The highest BCUT2D eigenvalue weighted by Crippen LogP contribution is 2.25. The fourth-order valence-corrected chi connectivity index (χ4v) is 4.21. The summed E-state index contributed by atoms with van der Waals surface area (Å²) in [6.45, 7) is 2.64. The molecule has 0 atom stereocenters. The molecule has 1 aliphatic heterocycles. The standard InChI is InChI=1S/C9H16N4O2S2/c1-10-9-11-7-8(16-9)17(14,15)13-5-3-12(2)4-6-13/h7H,3-6H2,1-2H3,(H,10,11). The van der Waals surface area contributed by atoms with Crippen molar-refractivity contribution in [1.82, 2.24) is 14.2 Å². The Balaban J connectivity index is 2.18. The van der Waals surface area contributed by atoms with Crippen molar-refractivity contribution in [2.45, 2.75) is 4.21 Å². The molecule has 0 saturated carbocycles. The number of hydrogen-bond donors (Lipinski definition) is 1. The maximum absolute atomic E-state index is 12.3. The minimum atomic E-state index is -3.35. The zero-order valence-corrected chi connectivity index (χ0v) is 11.5. The summed E-state index contributed by atoms with van der Waals surface area (Å²) in [4.78, 5) is 6.12. The van der Waals surface area contributed by atoms with Gasteiger partial charge in [-0.25, -0.2) is 13.4 Å². The van der Waals surface area contributed by atoms with E-state index < -0.39 is 10.0 Å². The third-order valence-corrected chi connectivity index (χ3v) is 6.10. The fourth-order valence-electron chi connectivity index (χ4n) is 1.65. The first-order valence-electron chi connectivity index (χ1n) is 5.36. The number of piperazine rings is 1. The van der Waals surface area contributed by atoms with Gasteiger partial charge < -0.3 is 10.2 Å². The number of hydrogen-bond acceptors (Lipinski definition) is 6. The molecule has 6 nitrogen and oxygen atoms in total. The van der Waals surface area contributed by atoms with Gasteiger partial charge in [0.1, 0.15) is 0 Å². The lowest BCUT2D eigenvalue weighted by atomic mass is 10.4. The average Bonchev–Trinajstić information content (AvgIpc) is 2.78. The van der Waals surface area contributed by atoms with Crippen LogP contribution < -0.4 is 5.32 Å². The average molecular weight is 276 g/mol. The Morgan fingerprint density at radius 2 is 2.00 bits per heavy atom. The van der Waals surface area contributed by atoms with E-state index in [0.717, 1.165) is 13.1 Å². The van der Waals surface area contributed by atoms with E-state index in [-0.39, 0.29) is 0 Å². The van der Waals surface area contributed by atoms with Crippen LogP contribution in [0.1, 0.15) is 0 Å². The molecule has 0 bridgehead atoms. The van der Waals surface area contributed by atoms with Gasteiger partial charge in [-0.15, -0.1) is 0 Å². The normalized spacial score (nSPS) is 19.4. The van der Waals surface area contributed by atoms with Gasteiger partial charge in [-0.1, -0.05) is 11.3 Å². The second-order valence-corrected chi connectivity index (χ2v) is 7.14. The summed E-state index contributed by atoms with van der Waals surface area (Å²) >= 11 is 1.17. The van der Waals surface area contributed by atoms with Crippen LogP contribution in [-0.2, 0) is 10.0 Å². The van der Waals surface area contributed by atoms with Crippen molar-refractivity contribution in [3.8, 4) is 0 Å². The van der Waals surface area contributed by atoms with E-state index in [1.165, 1.54) is 21.8 Å². The number of aromatic nitrogens is 1. The molecule has 8 heteroatoms.